The molecule has 0 radical (unpaired) electrons. The van der Waals surface area contributed by atoms with Crippen molar-refractivity contribution < 1.29 is 23.7 Å². The van der Waals surface area contributed by atoms with E-state index in [-0.39, 0.29) is 18.1 Å². The Morgan fingerprint density at radius 2 is 2.00 bits per heavy atom. The fourth-order valence-corrected chi connectivity index (χ4v) is 3.82. The summed E-state index contributed by atoms with van der Waals surface area (Å²) >= 11 is 0. The number of carbonyl (C=O) groups excluding carboxylic acids is 1. The third-order valence-corrected chi connectivity index (χ3v) is 5.28. The molecule has 0 saturated carbocycles. The first kappa shape index (κ1) is 20.9. The fraction of sp³-hybridized carbons (Fsp3) is 0.667. The van der Waals surface area contributed by atoms with Gasteiger partial charge in [0.15, 0.2) is 11.5 Å². The first-order chi connectivity index (χ1) is 13.6. The van der Waals surface area contributed by atoms with Gasteiger partial charge in [0, 0.05) is 43.8 Å². The standard InChI is InChI=1S/C21H32N2O5/c1-15(2)28-19-5-4-16(12-20(19)25-3)21(24)22-13-18(17-6-9-27-14-17)23-7-10-26-11-8-23/h4-5,12,15,17-18H,6-11,13-14H2,1-3H3,(H,22,24). The van der Waals surface area contributed by atoms with Crippen LogP contribution in [-0.4, -0.2) is 76.1 Å². The van der Waals surface area contributed by atoms with Crippen LogP contribution in [0.1, 0.15) is 30.6 Å². The number of nitrogens with one attached hydrogen (secondary N) is 1. The van der Waals surface area contributed by atoms with Gasteiger partial charge in [-0.05, 0) is 38.5 Å². The molecule has 0 spiro atoms. The molecule has 2 heterocycles. The topological polar surface area (TPSA) is 69.3 Å². The Morgan fingerprint density at radius 3 is 2.64 bits per heavy atom. The second-order valence-corrected chi connectivity index (χ2v) is 7.58. The number of carbonyl (C=O) groups is 1. The second-order valence-electron chi connectivity index (χ2n) is 7.58. The Balaban J connectivity index is 1.65. The number of hydrogen-bond donors (Lipinski definition) is 1. The average Bonchev–Trinajstić information content (AvgIpc) is 3.23. The molecule has 2 fully saturated rings. The van der Waals surface area contributed by atoms with Gasteiger partial charge in [0.25, 0.3) is 5.91 Å². The average molecular weight is 392 g/mol. The van der Waals surface area contributed by atoms with E-state index in [1.807, 2.05) is 13.8 Å². The van der Waals surface area contributed by atoms with Crippen molar-refractivity contribution in [3.8, 4) is 11.5 Å². The molecule has 3 rings (SSSR count). The van der Waals surface area contributed by atoms with Gasteiger partial charge in [0.2, 0.25) is 0 Å². The number of hydrogen-bond acceptors (Lipinski definition) is 6. The number of rotatable bonds is 8. The first-order valence-corrected chi connectivity index (χ1v) is 10.1. The summed E-state index contributed by atoms with van der Waals surface area (Å²) in [5, 5.41) is 3.11. The molecule has 2 saturated heterocycles. The summed E-state index contributed by atoms with van der Waals surface area (Å²) < 4.78 is 22.2. The molecular formula is C21H32N2O5. The van der Waals surface area contributed by atoms with E-state index >= 15 is 0 Å². The van der Waals surface area contributed by atoms with E-state index in [1.165, 1.54) is 0 Å². The fourth-order valence-electron chi connectivity index (χ4n) is 3.82. The minimum Gasteiger partial charge on any atom is -0.493 e. The lowest BCUT2D eigenvalue weighted by Crippen LogP contribution is -2.52. The van der Waals surface area contributed by atoms with E-state index in [2.05, 4.69) is 10.2 Å². The van der Waals surface area contributed by atoms with Crippen LogP contribution in [0, 0.1) is 5.92 Å². The predicted molar refractivity (Wildman–Crippen MR) is 106 cm³/mol. The van der Waals surface area contributed by atoms with Gasteiger partial charge >= 0.3 is 0 Å². The molecule has 7 nitrogen and oxygen atoms in total. The molecule has 2 atom stereocenters. The highest BCUT2D eigenvalue weighted by molar-refractivity contribution is 5.94. The molecule has 0 bridgehead atoms. The smallest absolute Gasteiger partial charge is 0.251 e. The van der Waals surface area contributed by atoms with E-state index in [9.17, 15) is 4.79 Å². The maximum Gasteiger partial charge on any atom is 0.251 e. The van der Waals surface area contributed by atoms with Crippen LogP contribution in [0.4, 0.5) is 0 Å². The number of morpholine rings is 1. The lowest BCUT2D eigenvalue weighted by molar-refractivity contribution is 0.00166. The maximum absolute atomic E-state index is 12.8. The van der Waals surface area contributed by atoms with E-state index in [0.29, 0.717) is 29.5 Å². The van der Waals surface area contributed by atoms with Gasteiger partial charge in [-0.15, -0.1) is 0 Å². The second kappa shape index (κ2) is 10.1. The van der Waals surface area contributed by atoms with Crippen molar-refractivity contribution in [2.45, 2.75) is 32.4 Å². The number of nitrogens with zero attached hydrogens (tertiary/aromatic N) is 1. The van der Waals surface area contributed by atoms with Gasteiger partial charge in [-0.25, -0.2) is 0 Å². The zero-order chi connectivity index (χ0) is 19.9. The number of methoxy groups -OCH3 is 1. The van der Waals surface area contributed by atoms with Crippen LogP contribution in [0.15, 0.2) is 18.2 Å². The zero-order valence-electron chi connectivity index (χ0n) is 17.1. The third-order valence-electron chi connectivity index (χ3n) is 5.28. The molecule has 1 amide bonds. The number of benzene rings is 1. The van der Waals surface area contributed by atoms with Crippen molar-refractivity contribution >= 4 is 5.91 Å². The van der Waals surface area contributed by atoms with Gasteiger partial charge in [-0.2, -0.15) is 0 Å². The van der Waals surface area contributed by atoms with Crippen molar-refractivity contribution in [3.63, 3.8) is 0 Å². The van der Waals surface area contributed by atoms with E-state index in [1.54, 1.807) is 25.3 Å². The molecule has 0 aromatic heterocycles. The van der Waals surface area contributed by atoms with Crippen LogP contribution < -0.4 is 14.8 Å². The summed E-state index contributed by atoms with van der Waals surface area (Å²) in [5.74, 6) is 1.54. The van der Waals surface area contributed by atoms with Gasteiger partial charge in [-0.3, -0.25) is 9.69 Å². The van der Waals surface area contributed by atoms with Crippen LogP contribution in [0.3, 0.4) is 0 Å². The van der Waals surface area contributed by atoms with Crippen molar-refractivity contribution in [1.82, 2.24) is 10.2 Å². The molecule has 1 aromatic carbocycles. The largest absolute Gasteiger partial charge is 0.493 e. The normalized spacial score (nSPS) is 21.5. The summed E-state index contributed by atoms with van der Waals surface area (Å²) in [6, 6.07) is 5.56. The third kappa shape index (κ3) is 5.37. The van der Waals surface area contributed by atoms with Crippen molar-refractivity contribution in [2.24, 2.45) is 5.92 Å². The molecular weight excluding hydrogens is 360 g/mol. The molecule has 1 aromatic rings. The van der Waals surface area contributed by atoms with Crippen LogP contribution in [0.2, 0.25) is 0 Å². The van der Waals surface area contributed by atoms with Gasteiger partial charge in [-0.1, -0.05) is 0 Å². The van der Waals surface area contributed by atoms with Gasteiger partial charge < -0.3 is 24.3 Å². The maximum atomic E-state index is 12.8. The van der Waals surface area contributed by atoms with Crippen molar-refractivity contribution in [3.05, 3.63) is 23.8 Å². The Labute approximate surface area is 167 Å². The summed E-state index contributed by atoms with van der Waals surface area (Å²) in [4.78, 5) is 15.2. The van der Waals surface area contributed by atoms with E-state index < -0.39 is 0 Å². The summed E-state index contributed by atoms with van der Waals surface area (Å²) in [7, 11) is 1.58. The molecule has 7 heteroatoms. The van der Waals surface area contributed by atoms with Crippen LogP contribution in [-0.2, 0) is 9.47 Å². The Bertz CT molecular complexity index is 640. The van der Waals surface area contributed by atoms with Crippen LogP contribution in [0.25, 0.3) is 0 Å². The minimum absolute atomic E-state index is 0.0384. The summed E-state index contributed by atoms with van der Waals surface area (Å²) in [6.45, 7) is 9.34. The van der Waals surface area contributed by atoms with Crippen LogP contribution in [0.5, 0.6) is 11.5 Å². The molecule has 2 aliphatic heterocycles. The molecule has 2 unspecified atom stereocenters. The molecule has 28 heavy (non-hydrogen) atoms. The first-order valence-electron chi connectivity index (χ1n) is 10.1. The van der Waals surface area contributed by atoms with E-state index in [4.69, 9.17) is 18.9 Å². The van der Waals surface area contributed by atoms with E-state index in [0.717, 1.165) is 45.9 Å². The molecule has 1 N–H and O–H groups in total. The minimum atomic E-state index is -0.105. The SMILES string of the molecule is COc1cc(C(=O)NCC(C2CCOC2)N2CCOCC2)ccc1OC(C)C. The Hall–Kier alpha value is -1.83. The van der Waals surface area contributed by atoms with Crippen molar-refractivity contribution in [2.75, 3.05) is 53.2 Å². The van der Waals surface area contributed by atoms with Gasteiger partial charge in [0.1, 0.15) is 0 Å². The highest BCUT2D eigenvalue weighted by Gasteiger charge is 2.31. The van der Waals surface area contributed by atoms with Crippen LogP contribution >= 0.6 is 0 Å². The van der Waals surface area contributed by atoms with Crippen molar-refractivity contribution in [1.29, 1.82) is 0 Å². The monoisotopic (exact) mass is 392 g/mol. The molecule has 0 aliphatic carbocycles. The highest BCUT2D eigenvalue weighted by atomic mass is 16.5. The number of amides is 1. The number of ether oxygens (including phenoxy) is 4. The quantitative estimate of drug-likeness (QED) is 0.729. The molecule has 156 valence electrons. The highest BCUT2D eigenvalue weighted by Crippen LogP contribution is 2.29. The summed E-state index contributed by atoms with van der Waals surface area (Å²) in [5.41, 5.74) is 0.566. The van der Waals surface area contributed by atoms with Gasteiger partial charge in [0.05, 0.1) is 33.0 Å². The lowest BCUT2D eigenvalue weighted by atomic mass is 9.96. The Morgan fingerprint density at radius 1 is 1.21 bits per heavy atom. The predicted octanol–water partition coefficient (Wildman–Crippen LogP) is 1.95. The summed E-state index contributed by atoms with van der Waals surface area (Å²) in [6.07, 6.45) is 1.07. The lowest BCUT2D eigenvalue weighted by Gasteiger charge is -2.37. The zero-order valence-corrected chi connectivity index (χ0v) is 17.1. The molecule has 2 aliphatic rings. The Kier molecular flexibility index (Phi) is 7.53.